The lowest BCUT2D eigenvalue weighted by atomic mass is 9.93. The highest BCUT2D eigenvalue weighted by atomic mass is 16.1. The van der Waals surface area contributed by atoms with Crippen LogP contribution in [0.5, 0.6) is 0 Å². The minimum Gasteiger partial charge on any atom is -0.380 e. The number of hydrogen-bond acceptors (Lipinski definition) is 2. The van der Waals surface area contributed by atoms with Crippen molar-refractivity contribution < 1.29 is 4.79 Å². The Balaban J connectivity index is 1.85. The van der Waals surface area contributed by atoms with Crippen molar-refractivity contribution in [2.75, 3.05) is 11.9 Å². The molecule has 0 spiro atoms. The third-order valence-electron chi connectivity index (χ3n) is 4.07. The number of allylic oxidation sites excluding steroid dienone is 2. The monoisotopic (exact) mass is 286 g/mol. The number of nitrogens with one attached hydrogen (secondary N) is 2. The van der Waals surface area contributed by atoms with Crippen LogP contribution in [0.4, 0.5) is 5.69 Å². The summed E-state index contributed by atoms with van der Waals surface area (Å²) < 4.78 is 0. The maximum atomic E-state index is 12.2. The van der Waals surface area contributed by atoms with E-state index in [4.69, 9.17) is 0 Å². The Morgan fingerprint density at radius 1 is 1.24 bits per heavy atom. The SMILES string of the molecule is CC(C)C(CNC(=O)C1CC=CCC1)Nc1ccccc1. The van der Waals surface area contributed by atoms with E-state index in [1.807, 2.05) is 18.2 Å². The molecule has 0 fully saturated rings. The number of amides is 1. The summed E-state index contributed by atoms with van der Waals surface area (Å²) in [6.45, 7) is 5.03. The van der Waals surface area contributed by atoms with Gasteiger partial charge in [0.15, 0.2) is 0 Å². The zero-order chi connectivity index (χ0) is 15.1. The van der Waals surface area contributed by atoms with Crippen molar-refractivity contribution in [3.8, 4) is 0 Å². The van der Waals surface area contributed by atoms with Gasteiger partial charge in [-0.05, 0) is 37.3 Å². The summed E-state index contributed by atoms with van der Waals surface area (Å²) in [6, 6.07) is 10.4. The van der Waals surface area contributed by atoms with Crippen molar-refractivity contribution in [2.45, 2.75) is 39.2 Å². The smallest absolute Gasteiger partial charge is 0.223 e. The van der Waals surface area contributed by atoms with Crippen LogP contribution in [0.1, 0.15) is 33.1 Å². The molecule has 2 N–H and O–H groups in total. The number of hydrogen-bond donors (Lipinski definition) is 2. The molecule has 1 amide bonds. The molecule has 0 aliphatic heterocycles. The minimum atomic E-state index is 0.152. The highest BCUT2D eigenvalue weighted by Gasteiger charge is 2.20. The van der Waals surface area contributed by atoms with E-state index in [0.29, 0.717) is 12.5 Å². The standard InChI is InChI=1S/C18H26N2O/c1-14(2)17(20-16-11-7-4-8-12-16)13-19-18(21)15-9-5-3-6-10-15/h3-5,7-8,11-12,14-15,17,20H,6,9-10,13H2,1-2H3,(H,19,21). The molecule has 1 aliphatic rings. The predicted molar refractivity (Wildman–Crippen MR) is 88.2 cm³/mol. The van der Waals surface area contributed by atoms with Crippen molar-refractivity contribution in [3.63, 3.8) is 0 Å². The number of carbonyl (C=O) groups is 1. The normalized spacial score (nSPS) is 19.3. The molecule has 0 aromatic heterocycles. The molecule has 3 nitrogen and oxygen atoms in total. The number of anilines is 1. The van der Waals surface area contributed by atoms with E-state index in [9.17, 15) is 4.79 Å². The Labute approximate surface area is 127 Å². The second-order valence-corrected chi connectivity index (χ2v) is 6.09. The summed E-state index contributed by atoms with van der Waals surface area (Å²) in [5.74, 6) is 0.802. The summed E-state index contributed by atoms with van der Waals surface area (Å²) in [5, 5.41) is 6.63. The molecule has 1 aromatic carbocycles. The van der Waals surface area contributed by atoms with E-state index in [-0.39, 0.29) is 17.9 Å². The van der Waals surface area contributed by atoms with Crippen molar-refractivity contribution in [2.24, 2.45) is 11.8 Å². The third-order valence-corrected chi connectivity index (χ3v) is 4.07. The van der Waals surface area contributed by atoms with Gasteiger partial charge < -0.3 is 10.6 Å². The molecule has 2 atom stereocenters. The highest BCUT2D eigenvalue weighted by molar-refractivity contribution is 5.79. The Morgan fingerprint density at radius 3 is 2.62 bits per heavy atom. The fourth-order valence-electron chi connectivity index (χ4n) is 2.59. The second kappa shape index (κ2) is 7.87. The summed E-state index contributed by atoms with van der Waals surface area (Å²) >= 11 is 0. The van der Waals surface area contributed by atoms with Gasteiger partial charge in [-0.15, -0.1) is 0 Å². The highest BCUT2D eigenvalue weighted by Crippen LogP contribution is 2.18. The summed E-state index contributed by atoms with van der Waals surface area (Å²) in [7, 11) is 0. The third kappa shape index (κ3) is 4.92. The zero-order valence-corrected chi connectivity index (χ0v) is 13.0. The molecular formula is C18H26N2O. The Bertz CT molecular complexity index is 467. The molecule has 1 aliphatic carbocycles. The van der Waals surface area contributed by atoms with Gasteiger partial charge in [-0.25, -0.2) is 0 Å². The fourth-order valence-corrected chi connectivity index (χ4v) is 2.59. The first-order valence-corrected chi connectivity index (χ1v) is 7.91. The van der Waals surface area contributed by atoms with E-state index in [1.54, 1.807) is 0 Å². The lowest BCUT2D eigenvalue weighted by Gasteiger charge is -2.25. The molecule has 2 rings (SSSR count). The fraction of sp³-hybridized carbons (Fsp3) is 0.500. The van der Waals surface area contributed by atoms with Crippen LogP contribution in [0.15, 0.2) is 42.5 Å². The molecule has 21 heavy (non-hydrogen) atoms. The maximum Gasteiger partial charge on any atom is 0.223 e. The van der Waals surface area contributed by atoms with Crippen LogP contribution < -0.4 is 10.6 Å². The maximum absolute atomic E-state index is 12.2. The number of para-hydroxylation sites is 1. The molecule has 0 saturated carbocycles. The largest absolute Gasteiger partial charge is 0.380 e. The van der Waals surface area contributed by atoms with Gasteiger partial charge >= 0.3 is 0 Å². The lowest BCUT2D eigenvalue weighted by Crippen LogP contribution is -2.42. The first-order valence-electron chi connectivity index (χ1n) is 7.91. The topological polar surface area (TPSA) is 41.1 Å². The lowest BCUT2D eigenvalue weighted by molar-refractivity contribution is -0.125. The van der Waals surface area contributed by atoms with E-state index >= 15 is 0 Å². The van der Waals surface area contributed by atoms with E-state index < -0.39 is 0 Å². The molecule has 0 saturated heterocycles. The van der Waals surface area contributed by atoms with Crippen LogP contribution in [0, 0.1) is 11.8 Å². The number of carbonyl (C=O) groups excluding carboxylic acids is 1. The number of benzene rings is 1. The average molecular weight is 286 g/mol. The zero-order valence-electron chi connectivity index (χ0n) is 13.0. The van der Waals surface area contributed by atoms with Gasteiger partial charge in [0.25, 0.3) is 0 Å². The van der Waals surface area contributed by atoms with Gasteiger partial charge in [-0.1, -0.05) is 44.2 Å². The van der Waals surface area contributed by atoms with Crippen LogP contribution in [-0.2, 0) is 4.79 Å². The Morgan fingerprint density at radius 2 is 2.00 bits per heavy atom. The van der Waals surface area contributed by atoms with E-state index in [2.05, 4.69) is 48.8 Å². The van der Waals surface area contributed by atoms with Crippen molar-refractivity contribution in [1.29, 1.82) is 0 Å². The summed E-state index contributed by atoms with van der Waals surface area (Å²) in [5.41, 5.74) is 1.10. The van der Waals surface area contributed by atoms with Gasteiger partial charge in [-0.3, -0.25) is 4.79 Å². The van der Waals surface area contributed by atoms with Gasteiger partial charge in [-0.2, -0.15) is 0 Å². The molecule has 1 aromatic rings. The second-order valence-electron chi connectivity index (χ2n) is 6.09. The van der Waals surface area contributed by atoms with Gasteiger partial charge in [0.05, 0.1) is 0 Å². The summed E-state index contributed by atoms with van der Waals surface area (Å²) in [6.07, 6.45) is 7.16. The first kappa shape index (κ1) is 15.6. The summed E-state index contributed by atoms with van der Waals surface area (Å²) in [4.78, 5) is 12.2. The van der Waals surface area contributed by atoms with Crippen molar-refractivity contribution in [1.82, 2.24) is 5.32 Å². The first-order chi connectivity index (χ1) is 10.2. The van der Waals surface area contributed by atoms with E-state index in [1.165, 1.54) is 0 Å². The van der Waals surface area contributed by atoms with Crippen molar-refractivity contribution in [3.05, 3.63) is 42.5 Å². The molecule has 3 heteroatoms. The van der Waals surface area contributed by atoms with Crippen molar-refractivity contribution >= 4 is 11.6 Å². The molecule has 0 radical (unpaired) electrons. The van der Waals surface area contributed by atoms with Crippen LogP contribution in [0.25, 0.3) is 0 Å². The van der Waals surface area contributed by atoms with Gasteiger partial charge in [0, 0.05) is 24.2 Å². The molecule has 114 valence electrons. The average Bonchev–Trinajstić information content (AvgIpc) is 2.52. The van der Waals surface area contributed by atoms with Gasteiger partial charge in [0.1, 0.15) is 0 Å². The Hall–Kier alpha value is -1.77. The van der Waals surface area contributed by atoms with Crippen LogP contribution in [0.3, 0.4) is 0 Å². The van der Waals surface area contributed by atoms with Crippen LogP contribution >= 0.6 is 0 Å². The van der Waals surface area contributed by atoms with Crippen LogP contribution in [0.2, 0.25) is 0 Å². The minimum absolute atomic E-state index is 0.152. The molecular weight excluding hydrogens is 260 g/mol. The predicted octanol–water partition coefficient (Wildman–Crippen LogP) is 3.60. The number of rotatable bonds is 6. The van der Waals surface area contributed by atoms with E-state index in [0.717, 1.165) is 24.9 Å². The molecule has 2 unspecified atom stereocenters. The quantitative estimate of drug-likeness (QED) is 0.785. The van der Waals surface area contributed by atoms with Crippen LogP contribution in [-0.4, -0.2) is 18.5 Å². The molecule has 0 heterocycles. The Kier molecular flexibility index (Phi) is 5.85. The van der Waals surface area contributed by atoms with Gasteiger partial charge in [0.2, 0.25) is 5.91 Å². The molecule has 0 bridgehead atoms.